The van der Waals surface area contributed by atoms with Crippen LogP contribution in [0.5, 0.6) is 0 Å². The molecule has 3 heterocycles. The van der Waals surface area contributed by atoms with Crippen LogP contribution in [0.25, 0.3) is 0 Å². The van der Waals surface area contributed by atoms with E-state index in [1.54, 1.807) is 31.9 Å². The minimum Gasteiger partial charge on any atom is -0.469 e. The molecule has 0 unspecified atom stereocenters. The van der Waals surface area contributed by atoms with Gasteiger partial charge in [0.2, 0.25) is 11.8 Å². The maximum absolute atomic E-state index is 12.6. The summed E-state index contributed by atoms with van der Waals surface area (Å²) in [7, 11) is 1.57. The van der Waals surface area contributed by atoms with Crippen molar-refractivity contribution in [2.75, 3.05) is 20.1 Å². The van der Waals surface area contributed by atoms with E-state index in [2.05, 4.69) is 15.5 Å². The Hall–Kier alpha value is -2.64. The summed E-state index contributed by atoms with van der Waals surface area (Å²) in [5.74, 6) is 0.405. The maximum Gasteiger partial charge on any atom is 0.257 e. The van der Waals surface area contributed by atoms with E-state index in [4.69, 9.17) is 8.94 Å². The third-order valence-electron chi connectivity index (χ3n) is 4.14. The number of nitrogens with zero attached hydrogens (tertiary/aromatic N) is 3. The largest absolute Gasteiger partial charge is 0.469 e. The van der Waals surface area contributed by atoms with Gasteiger partial charge in [-0.3, -0.25) is 9.59 Å². The van der Waals surface area contributed by atoms with Gasteiger partial charge in [0.25, 0.3) is 5.91 Å². The van der Waals surface area contributed by atoms with Crippen LogP contribution in [0.15, 0.2) is 21.3 Å². The highest BCUT2D eigenvalue weighted by atomic mass is 16.5. The average molecular weight is 318 g/mol. The van der Waals surface area contributed by atoms with Crippen molar-refractivity contribution in [2.24, 2.45) is 5.92 Å². The highest BCUT2D eigenvalue weighted by Crippen LogP contribution is 2.33. The highest BCUT2D eigenvalue weighted by molar-refractivity contribution is 5.96. The summed E-state index contributed by atoms with van der Waals surface area (Å²) >= 11 is 0. The van der Waals surface area contributed by atoms with E-state index in [-0.39, 0.29) is 17.7 Å². The Morgan fingerprint density at radius 3 is 2.70 bits per heavy atom. The van der Waals surface area contributed by atoms with Crippen LogP contribution in [0.4, 0.5) is 0 Å². The predicted octanol–water partition coefficient (Wildman–Crippen LogP) is 0.881. The van der Waals surface area contributed by atoms with Crippen molar-refractivity contribution in [2.45, 2.75) is 19.8 Å². The first kappa shape index (κ1) is 15.3. The Bertz CT molecular complexity index is 735. The van der Waals surface area contributed by atoms with Crippen LogP contribution in [-0.2, 0) is 4.79 Å². The molecule has 0 radical (unpaired) electrons. The molecule has 1 fully saturated rings. The predicted molar refractivity (Wildman–Crippen MR) is 78.7 cm³/mol. The molecule has 1 aliphatic rings. The smallest absolute Gasteiger partial charge is 0.257 e. The molecule has 2 aromatic rings. The molecule has 2 aromatic heterocycles. The van der Waals surface area contributed by atoms with Gasteiger partial charge in [-0.15, -0.1) is 0 Å². The molecule has 2 atom stereocenters. The van der Waals surface area contributed by atoms with E-state index in [9.17, 15) is 9.59 Å². The first-order chi connectivity index (χ1) is 11.0. The molecule has 0 aromatic carbocycles. The van der Waals surface area contributed by atoms with Crippen LogP contribution in [-0.4, -0.2) is 47.0 Å². The molecule has 23 heavy (non-hydrogen) atoms. The second-order valence-corrected chi connectivity index (χ2v) is 5.61. The molecule has 8 nitrogen and oxygen atoms in total. The molecule has 1 N–H and O–H groups in total. The molecular formula is C15H18N4O4. The Morgan fingerprint density at radius 1 is 1.35 bits per heavy atom. The van der Waals surface area contributed by atoms with Crippen molar-refractivity contribution < 1.29 is 18.5 Å². The van der Waals surface area contributed by atoms with Gasteiger partial charge in [0.15, 0.2) is 5.82 Å². The monoisotopic (exact) mass is 318 g/mol. The standard InChI is InChI=1S/C15H18N4O4/c1-8-10(4-5-22-8)15(21)19-6-11(13(20)16-3)12(7-19)14-17-9(2)18-23-14/h4-5,11-12H,6-7H2,1-3H3,(H,16,20)/t11-,12-/m1/s1. The van der Waals surface area contributed by atoms with Gasteiger partial charge in [0, 0.05) is 20.1 Å². The molecule has 3 rings (SSSR count). The fourth-order valence-electron chi connectivity index (χ4n) is 2.91. The molecule has 0 spiro atoms. The van der Waals surface area contributed by atoms with E-state index < -0.39 is 5.92 Å². The minimum absolute atomic E-state index is 0.148. The van der Waals surface area contributed by atoms with E-state index in [1.165, 1.54) is 6.26 Å². The number of rotatable bonds is 3. The maximum atomic E-state index is 12.6. The zero-order chi connectivity index (χ0) is 16.6. The Balaban J connectivity index is 1.87. The summed E-state index contributed by atoms with van der Waals surface area (Å²) in [5, 5.41) is 6.41. The minimum atomic E-state index is -0.420. The van der Waals surface area contributed by atoms with Crippen LogP contribution in [0.2, 0.25) is 0 Å². The van der Waals surface area contributed by atoms with Gasteiger partial charge in [-0.05, 0) is 19.9 Å². The summed E-state index contributed by atoms with van der Waals surface area (Å²) in [6.45, 7) is 4.10. The lowest BCUT2D eigenvalue weighted by molar-refractivity contribution is -0.124. The molecule has 122 valence electrons. The Morgan fingerprint density at radius 2 is 2.13 bits per heavy atom. The van der Waals surface area contributed by atoms with Crippen LogP contribution >= 0.6 is 0 Å². The van der Waals surface area contributed by atoms with Crippen molar-refractivity contribution in [1.29, 1.82) is 0 Å². The second kappa shape index (κ2) is 5.86. The van der Waals surface area contributed by atoms with Crippen molar-refractivity contribution in [1.82, 2.24) is 20.4 Å². The van der Waals surface area contributed by atoms with Gasteiger partial charge < -0.3 is 19.2 Å². The van der Waals surface area contributed by atoms with Gasteiger partial charge in [-0.25, -0.2) is 0 Å². The quantitative estimate of drug-likeness (QED) is 0.901. The van der Waals surface area contributed by atoms with Crippen molar-refractivity contribution in [3.63, 3.8) is 0 Å². The Labute approximate surface area is 132 Å². The van der Waals surface area contributed by atoms with Crippen molar-refractivity contribution in [3.05, 3.63) is 35.4 Å². The van der Waals surface area contributed by atoms with Gasteiger partial charge >= 0.3 is 0 Å². The zero-order valence-electron chi connectivity index (χ0n) is 13.2. The molecule has 2 amide bonds. The lowest BCUT2D eigenvalue weighted by Gasteiger charge is -2.15. The van der Waals surface area contributed by atoms with E-state index in [0.29, 0.717) is 36.1 Å². The third-order valence-corrected chi connectivity index (χ3v) is 4.14. The van der Waals surface area contributed by atoms with Crippen LogP contribution < -0.4 is 5.32 Å². The van der Waals surface area contributed by atoms with E-state index >= 15 is 0 Å². The Kier molecular flexibility index (Phi) is 3.89. The molecule has 0 bridgehead atoms. The summed E-state index contributed by atoms with van der Waals surface area (Å²) in [4.78, 5) is 30.7. The molecule has 0 aliphatic carbocycles. The third kappa shape index (κ3) is 2.71. The van der Waals surface area contributed by atoms with Crippen LogP contribution in [0.3, 0.4) is 0 Å². The summed E-state index contributed by atoms with van der Waals surface area (Å²) in [6, 6.07) is 1.64. The number of carbonyl (C=O) groups excluding carboxylic acids is 2. The van der Waals surface area contributed by atoms with Gasteiger partial charge in [0.1, 0.15) is 5.76 Å². The molecular weight excluding hydrogens is 300 g/mol. The van der Waals surface area contributed by atoms with Crippen LogP contribution in [0.1, 0.15) is 33.8 Å². The number of aryl methyl sites for hydroxylation is 2. The fourth-order valence-corrected chi connectivity index (χ4v) is 2.91. The number of furan rings is 1. The lowest BCUT2D eigenvalue weighted by atomic mass is 9.95. The van der Waals surface area contributed by atoms with Gasteiger partial charge in [-0.1, -0.05) is 5.16 Å². The topological polar surface area (TPSA) is 101 Å². The molecule has 1 saturated heterocycles. The molecule has 8 heteroatoms. The van der Waals surface area contributed by atoms with Crippen molar-refractivity contribution >= 4 is 11.8 Å². The van der Waals surface area contributed by atoms with E-state index in [0.717, 1.165) is 0 Å². The summed E-state index contributed by atoms with van der Waals surface area (Å²) < 4.78 is 10.4. The number of carbonyl (C=O) groups is 2. The van der Waals surface area contributed by atoms with Crippen molar-refractivity contribution in [3.8, 4) is 0 Å². The van der Waals surface area contributed by atoms with Gasteiger partial charge in [-0.2, -0.15) is 4.98 Å². The average Bonchev–Trinajstić information content (AvgIpc) is 3.24. The van der Waals surface area contributed by atoms with E-state index in [1.807, 2.05) is 0 Å². The summed E-state index contributed by atoms with van der Waals surface area (Å²) in [6.07, 6.45) is 1.48. The second-order valence-electron chi connectivity index (χ2n) is 5.61. The highest BCUT2D eigenvalue weighted by Gasteiger charge is 2.43. The zero-order valence-corrected chi connectivity index (χ0v) is 13.2. The molecule has 0 saturated carbocycles. The number of hydrogen-bond donors (Lipinski definition) is 1. The first-order valence-corrected chi connectivity index (χ1v) is 7.36. The SMILES string of the molecule is CNC(=O)[C@@H]1CN(C(=O)c2ccoc2C)C[C@H]1c1nc(C)no1. The van der Waals surface area contributed by atoms with Crippen LogP contribution in [0, 0.1) is 19.8 Å². The first-order valence-electron chi connectivity index (χ1n) is 7.36. The number of amides is 2. The lowest BCUT2D eigenvalue weighted by Crippen LogP contribution is -2.33. The molecule has 1 aliphatic heterocycles. The fraction of sp³-hybridized carbons (Fsp3) is 0.467. The number of hydrogen-bond acceptors (Lipinski definition) is 6. The number of aromatic nitrogens is 2. The number of nitrogens with one attached hydrogen (secondary N) is 1. The number of likely N-dealkylation sites (tertiary alicyclic amines) is 1. The summed E-state index contributed by atoms with van der Waals surface area (Å²) in [5.41, 5.74) is 0.503. The normalized spacial score (nSPS) is 20.7. The van der Waals surface area contributed by atoms with Gasteiger partial charge in [0.05, 0.1) is 23.7 Å².